The number of hydrogen-bond acceptors (Lipinski definition) is 6. The number of benzene rings is 2. The minimum atomic E-state index is -4.56. The lowest BCUT2D eigenvalue weighted by Crippen LogP contribution is -2.17. The Hall–Kier alpha value is -3.05. The first kappa shape index (κ1) is 20.2. The third-order valence-corrected chi connectivity index (χ3v) is 4.98. The standard InChI is InChI=1S/C18H11ClF3N5O2S/c19-11-2-4-15-13(6-11)26-17(29-15)30-7-16(28)25-12-5-10(18(20,21)22)1-3-14(12)27-9-23-8-24-27/h1-6,8-9H,7H2,(H,25,28). The third kappa shape index (κ3) is 4.41. The van der Waals surface area contributed by atoms with Crippen molar-refractivity contribution in [2.45, 2.75) is 11.4 Å². The van der Waals surface area contributed by atoms with E-state index in [9.17, 15) is 18.0 Å². The molecule has 0 bridgehead atoms. The van der Waals surface area contributed by atoms with Gasteiger partial charge in [-0.2, -0.15) is 18.3 Å². The summed E-state index contributed by atoms with van der Waals surface area (Å²) < 4.78 is 46.1. The van der Waals surface area contributed by atoms with Gasteiger partial charge in [0.2, 0.25) is 5.91 Å². The van der Waals surface area contributed by atoms with E-state index in [0.717, 1.165) is 23.9 Å². The Kier molecular flexibility index (Phi) is 5.39. The fourth-order valence-electron chi connectivity index (χ4n) is 2.60. The summed E-state index contributed by atoms with van der Waals surface area (Å²) in [6.07, 6.45) is -2.01. The third-order valence-electron chi connectivity index (χ3n) is 3.92. The Labute approximate surface area is 176 Å². The molecule has 0 aliphatic carbocycles. The molecule has 2 heterocycles. The molecule has 4 rings (SSSR count). The molecular weight excluding hydrogens is 443 g/mol. The highest BCUT2D eigenvalue weighted by Crippen LogP contribution is 2.33. The number of carbonyl (C=O) groups excluding carboxylic acids is 1. The van der Waals surface area contributed by atoms with E-state index in [0.29, 0.717) is 16.1 Å². The number of anilines is 1. The molecule has 2 aromatic heterocycles. The van der Waals surface area contributed by atoms with Crippen molar-refractivity contribution in [3.8, 4) is 5.69 Å². The molecule has 1 amide bonds. The van der Waals surface area contributed by atoms with Crippen LogP contribution in [0.5, 0.6) is 0 Å². The van der Waals surface area contributed by atoms with Gasteiger partial charge in [0.15, 0.2) is 5.58 Å². The van der Waals surface area contributed by atoms with Gasteiger partial charge < -0.3 is 9.73 Å². The fraction of sp³-hybridized carbons (Fsp3) is 0.111. The van der Waals surface area contributed by atoms with Gasteiger partial charge in [0.1, 0.15) is 18.2 Å². The number of oxazole rings is 1. The van der Waals surface area contributed by atoms with Crippen LogP contribution in [0.15, 0.2) is 58.7 Å². The highest BCUT2D eigenvalue weighted by molar-refractivity contribution is 7.99. The van der Waals surface area contributed by atoms with E-state index in [1.54, 1.807) is 18.2 Å². The van der Waals surface area contributed by atoms with Gasteiger partial charge in [0, 0.05) is 5.02 Å². The van der Waals surface area contributed by atoms with Gasteiger partial charge in [-0.1, -0.05) is 23.4 Å². The van der Waals surface area contributed by atoms with Crippen molar-refractivity contribution in [1.29, 1.82) is 0 Å². The van der Waals surface area contributed by atoms with E-state index >= 15 is 0 Å². The van der Waals surface area contributed by atoms with Crippen molar-refractivity contribution < 1.29 is 22.4 Å². The summed E-state index contributed by atoms with van der Waals surface area (Å²) in [5.41, 5.74) is 0.344. The van der Waals surface area contributed by atoms with Crippen molar-refractivity contribution in [3.63, 3.8) is 0 Å². The van der Waals surface area contributed by atoms with Gasteiger partial charge >= 0.3 is 6.18 Å². The molecule has 0 saturated carbocycles. The van der Waals surface area contributed by atoms with E-state index in [-0.39, 0.29) is 22.4 Å². The largest absolute Gasteiger partial charge is 0.431 e. The Morgan fingerprint density at radius 1 is 1.23 bits per heavy atom. The molecule has 0 aliphatic heterocycles. The molecule has 0 spiro atoms. The van der Waals surface area contributed by atoms with Gasteiger partial charge in [-0.25, -0.2) is 14.6 Å². The molecule has 7 nitrogen and oxygen atoms in total. The lowest BCUT2D eigenvalue weighted by atomic mass is 10.1. The summed E-state index contributed by atoms with van der Waals surface area (Å²) in [5, 5.41) is 7.12. The summed E-state index contributed by atoms with van der Waals surface area (Å²) in [6, 6.07) is 7.89. The minimum Gasteiger partial charge on any atom is -0.431 e. The maximum absolute atomic E-state index is 13.1. The zero-order valence-electron chi connectivity index (χ0n) is 14.9. The number of thioether (sulfide) groups is 1. The van der Waals surface area contributed by atoms with Gasteiger partial charge in [-0.15, -0.1) is 0 Å². The number of amides is 1. The minimum absolute atomic E-state index is 0.0507. The molecule has 1 N–H and O–H groups in total. The van der Waals surface area contributed by atoms with Crippen LogP contribution in [0.25, 0.3) is 16.8 Å². The monoisotopic (exact) mass is 453 g/mol. The zero-order chi connectivity index (χ0) is 21.3. The molecule has 4 aromatic rings. The number of hydrogen-bond donors (Lipinski definition) is 1. The average molecular weight is 454 g/mol. The van der Waals surface area contributed by atoms with E-state index in [1.165, 1.54) is 23.4 Å². The van der Waals surface area contributed by atoms with Gasteiger partial charge in [-0.05, 0) is 36.4 Å². The highest BCUT2D eigenvalue weighted by atomic mass is 35.5. The molecule has 0 aliphatic rings. The molecule has 0 radical (unpaired) electrons. The fourth-order valence-corrected chi connectivity index (χ4v) is 3.40. The topological polar surface area (TPSA) is 85.8 Å². The number of carbonyl (C=O) groups is 1. The van der Waals surface area contributed by atoms with Gasteiger partial charge in [0.05, 0.1) is 22.7 Å². The van der Waals surface area contributed by atoms with Crippen LogP contribution in [0.4, 0.5) is 18.9 Å². The first-order valence-electron chi connectivity index (χ1n) is 8.34. The normalized spacial score (nSPS) is 11.7. The number of halogens is 4. The highest BCUT2D eigenvalue weighted by Gasteiger charge is 2.31. The summed E-state index contributed by atoms with van der Waals surface area (Å²) in [5.74, 6) is -0.672. The van der Waals surface area contributed by atoms with Crippen LogP contribution >= 0.6 is 23.4 Å². The molecule has 0 atom stereocenters. The summed E-state index contributed by atoms with van der Waals surface area (Å²) in [6.45, 7) is 0. The lowest BCUT2D eigenvalue weighted by Gasteiger charge is -2.14. The molecule has 0 saturated heterocycles. The van der Waals surface area contributed by atoms with Crippen LogP contribution in [0, 0.1) is 0 Å². The average Bonchev–Trinajstić information content (AvgIpc) is 3.35. The zero-order valence-corrected chi connectivity index (χ0v) is 16.4. The number of nitrogens with one attached hydrogen (secondary N) is 1. The number of alkyl halides is 3. The molecule has 154 valence electrons. The predicted molar refractivity (Wildman–Crippen MR) is 105 cm³/mol. The van der Waals surface area contributed by atoms with Crippen molar-refractivity contribution in [2.24, 2.45) is 0 Å². The Balaban J connectivity index is 1.52. The lowest BCUT2D eigenvalue weighted by molar-refractivity contribution is -0.137. The predicted octanol–water partition coefficient (Wildman–Crippen LogP) is 4.81. The van der Waals surface area contributed by atoms with Gasteiger partial charge in [-0.3, -0.25) is 4.79 Å². The van der Waals surface area contributed by atoms with Crippen molar-refractivity contribution >= 4 is 46.1 Å². The molecule has 12 heteroatoms. The van der Waals surface area contributed by atoms with Crippen LogP contribution in [-0.4, -0.2) is 31.4 Å². The number of rotatable bonds is 5. The Bertz CT molecular complexity index is 1210. The first-order chi connectivity index (χ1) is 14.3. The number of fused-ring (bicyclic) bond motifs is 1. The van der Waals surface area contributed by atoms with Crippen molar-refractivity contribution in [3.05, 3.63) is 59.6 Å². The van der Waals surface area contributed by atoms with Crippen molar-refractivity contribution in [2.75, 3.05) is 11.1 Å². The Morgan fingerprint density at radius 2 is 2.07 bits per heavy atom. The second-order valence-corrected chi connectivity index (χ2v) is 7.36. The van der Waals surface area contributed by atoms with Gasteiger partial charge in [0.25, 0.3) is 5.22 Å². The first-order valence-corrected chi connectivity index (χ1v) is 9.71. The molecule has 2 aromatic carbocycles. The van der Waals surface area contributed by atoms with Crippen molar-refractivity contribution in [1.82, 2.24) is 19.7 Å². The van der Waals surface area contributed by atoms with E-state index in [4.69, 9.17) is 16.0 Å². The van der Waals surface area contributed by atoms with Crippen LogP contribution in [-0.2, 0) is 11.0 Å². The number of nitrogens with zero attached hydrogens (tertiary/aromatic N) is 4. The van der Waals surface area contributed by atoms with Crippen LogP contribution in [0.1, 0.15) is 5.56 Å². The summed E-state index contributed by atoms with van der Waals surface area (Å²) in [7, 11) is 0. The maximum atomic E-state index is 13.1. The van der Waals surface area contributed by atoms with Crippen LogP contribution in [0.2, 0.25) is 5.02 Å². The molecular formula is C18H11ClF3N5O2S. The van der Waals surface area contributed by atoms with E-state index in [2.05, 4.69) is 20.4 Å². The second-order valence-electron chi connectivity index (χ2n) is 6.00. The second kappa shape index (κ2) is 8.00. The van der Waals surface area contributed by atoms with Crippen LogP contribution < -0.4 is 5.32 Å². The van der Waals surface area contributed by atoms with E-state index in [1.807, 2.05) is 0 Å². The molecule has 0 fully saturated rings. The molecule has 0 unspecified atom stereocenters. The summed E-state index contributed by atoms with van der Waals surface area (Å²) in [4.78, 5) is 20.4. The summed E-state index contributed by atoms with van der Waals surface area (Å²) >= 11 is 6.91. The number of aromatic nitrogens is 4. The maximum Gasteiger partial charge on any atom is 0.416 e. The quantitative estimate of drug-likeness (QED) is 0.436. The smallest absolute Gasteiger partial charge is 0.416 e. The van der Waals surface area contributed by atoms with E-state index < -0.39 is 17.6 Å². The molecule has 30 heavy (non-hydrogen) atoms. The van der Waals surface area contributed by atoms with Crippen LogP contribution in [0.3, 0.4) is 0 Å². The SMILES string of the molecule is O=C(CSc1nc2cc(Cl)ccc2o1)Nc1cc(C(F)(F)F)ccc1-n1cncn1. The Morgan fingerprint density at radius 3 is 2.80 bits per heavy atom.